The molecule has 2 aromatic carbocycles. The first kappa shape index (κ1) is 30.4. The summed E-state index contributed by atoms with van der Waals surface area (Å²) in [5.41, 5.74) is 2.97. The molecule has 0 spiro atoms. The molecular weight excluding hydrogens is 580 g/mol. The Morgan fingerprint density at radius 2 is 1.93 bits per heavy atom. The summed E-state index contributed by atoms with van der Waals surface area (Å²) in [6.45, 7) is 1.76. The van der Waals surface area contributed by atoms with Gasteiger partial charge in [-0.15, -0.1) is 0 Å². The van der Waals surface area contributed by atoms with Gasteiger partial charge in [0.05, 0.1) is 24.6 Å². The van der Waals surface area contributed by atoms with Gasteiger partial charge in [-0.05, 0) is 79.6 Å². The molecule has 3 aromatic rings. The minimum Gasteiger partial charge on any atom is -0.348 e. The fourth-order valence-corrected chi connectivity index (χ4v) is 5.97. The zero-order valence-electron chi connectivity index (χ0n) is 25.0. The van der Waals surface area contributed by atoms with Crippen LogP contribution in [-0.2, 0) is 14.4 Å². The second-order valence-corrected chi connectivity index (χ2v) is 12.0. The largest absolute Gasteiger partial charge is 0.348 e. The molecule has 1 saturated carbocycles. The van der Waals surface area contributed by atoms with E-state index in [4.69, 9.17) is 0 Å². The summed E-state index contributed by atoms with van der Waals surface area (Å²) in [5.74, 6) is -1.53. The molecule has 2 saturated heterocycles. The van der Waals surface area contributed by atoms with E-state index >= 15 is 0 Å². The second kappa shape index (κ2) is 12.7. The highest BCUT2D eigenvalue weighted by atomic mass is 19.1. The average molecular weight is 616 g/mol. The number of fused-ring (bicyclic) bond motifs is 1. The monoisotopic (exact) mass is 615 g/mol. The smallest absolute Gasteiger partial charge is 0.270 e. The maximum Gasteiger partial charge on any atom is 0.270 e. The molecule has 11 heteroatoms. The summed E-state index contributed by atoms with van der Waals surface area (Å²) in [6.07, 6.45) is 6.24. The van der Waals surface area contributed by atoms with E-state index in [0.29, 0.717) is 29.8 Å². The molecule has 2 aliphatic heterocycles. The number of amides is 4. The molecule has 1 aliphatic carbocycles. The quantitative estimate of drug-likeness (QED) is 0.369. The summed E-state index contributed by atoms with van der Waals surface area (Å²) in [7, 11) is 0. The van der Waals surface area contributed by atoms with E-state index in [0.717, 1.165) is 41.0 Å². The Labute approximate surface area is 259 Å². The molecule has 0 bridgehead atoms. The van der Waals surface area contributed by atoms with Crippen LogP contribution in [0.15, 0.2) is 54.6 Å². The van der Waals surface area contributed by atoms with Crippen molar-refractivity contribution in [3.63, 3.8) is 0 Å². The van der Waals surface area contributed by atoms with E-state index < -0.39 is 48.3 Å². The van der Waals surface area contributed by atoms with Crippen molar-refractivity contribution >= 4 is 46.3 Å². The van der Waals surface area contributed by atoms with Crippen molar-refractivity contribution in [2.75, 3.05) is 24.5 Å². The molecule has 3 fully saturated rings. The molecular formula is C34H35F2N5O4. The first-order chi connectivity index (χ1) is 21.7. The third kappa shape index (κ3) is 6.87. The van der Waals surface area contributed by atoms with E-state index in [-0.39, 0.29) is 24.6 Å². The van der Waals surface area contributed by atoms with Gasteiger partial charge < -0.3 is 20.4 Å². The topological polar surface area (TPSA) is 112 Å². The predicted molar refractivity (Wildman–Crippen MR) is 165 cm³/mol. The maximum absolute atomic E-state index is 14.6. The van der Waals surface area contributed by atoms with Gasteiger partial charge in [0.25, 0.3) is 5.91 Å². The summed E-state index contributed by atoms with van der Waals surface area (Å²) in [5, 5.41) is 6.00. The van der Waals surface area contributed by atoms with Crippen LogP contribution in [0.5, 0.6) is 0 Å². The van der Waals surface area contributed by atoms with Crippen LogP contribution < -0.4 is 15.5 Å². The number of nitrogens with one attached hydrogen (secondary N) is 2. The van der Waals surface area contributed by atoms with Gasteiger partial charge in [0, 0.05) is 30.5 Å². The highest BCUT2D eigenvalue weighted by Crippen LogP contribution is 2.33. The normalized spacial score (nSPS) is 20.6. The summed E-state index contributed by atoms with van der Waals surface area (Å²) in [4.78, 5) is 58.9. The standard InChI is InChI=1S/C34H35F2N5O4/c1-20(27-17-26(40-14-2-3-31(40)42)11-8-22(27)7-6-21-4-5-21)38-34(45)30-16-25(36)19-41(30)32(43)18-37-33(44)29-12-9-23-15-24(35)10-13-28(23)39-29/h6-13,15,17,20-21,25,30H,2-5,14,16,18-19H2,1H3,(H,37,44)(H,38,45)/b7-6+/t20-,25+,30-/m0/s1. The van der Waals surface area contributed by atoms with E-state index in [9.17, 15) is 28.0 Å². The molecule has 9 nitrogen and oxygen atoms in total. The number of nitrogens with zero attached hydrogens (tertiary/aromatic N) is 3. The molecule has 2 N–H and O–H groups in total. The van der Waals surface area contributed by atoms with Crippen LogP contribution in [0, 0.1) is 11.7 Å². The molecule has 0 radical (unpaired) electrons. The second-order valence-electron chi connectivity index (χ2n) is 12.0. The minimum atomic E-state index is -1.39. The third-order valence-electron chi connectivity index (χ3n) is 8.61. The number of halogens is 2. The highest BCUT2D eigenvalue weighted by molar-refractivity contribution is 5.98. The van der Waals surface area contributed by atoms with Gasteiger partial charge >= 0.3 is 0 Å². The van der Waals surface area contributed by atoms with Gasteiger partial charge in [-0.25, -0.2) is 13.8 Å². The SMILES string of the molecule is C[C@H](NC(=O)[C@@H]1C[C@@H](F)CN1C(=O)CNC(=O)c1ccc2cc(F)ccc2n1)c1cc(N2CCCC2=O)ccc1/C=C/C1CC1. The number of allylic oxidation sites excluding steroid dienone is 1. The number of carbonyl (C=O) groups is 4. The number of aromatic nitrogens is 1. The predicted octanol–water partition coefficient (Wildman–Crippen LogP) is 4.47. The molecule has 3 aliphatic rings. The zero-order chi connectivity index (χ0) is 31.7. The molecule has 1 aromatic heterocycles. The Balaban J connectivity index is 1.13. The van der Waals surface area contributed by atoms with Crippen molar-refractivity contribution in [2.24, 2.45) is 5.92 Å². The number of hydrogen-bond acceptors (Lipinski definition) is 5. The maximum atomic E-state index is 14.6. The number of carbonyl (C=O) groups excluding carboxylic acids is 4. The lowest BCUT2D eigenvalue weighted by atomic mass is 9.98. The van der Waals surface area contributed by atoms with Gasteiger partial charge in [-0.1, -0.05) is 24.3 Å². The lowest BCUT2D eigenvalue weighted by molar-refractivity contribution is -0.138. The van der Waals surface area contributed by atoms with Crippen molar-refractivity contribution in [3.8, 4) is 0 Å². The Bertz CT molecular complexity index is 1690. The van der Waals surface area contributed by atoms with Crippen molar-refractivity contribution in [1.82, 2.24) is 20.5 Å². The minimum absolute atomic E-state index is 0.0409. The molecule has 3 heterocycles. The van der Waals surface area contributed by atoms with Gasteiger partial charge in [0.1, 0.15) is 23.7 Å². The van der Waals surface area contributed by atoms with Gasteiger partial charge in [0.15, 0.2) is 0 Å². The first-order valence-corrected chi connectivity index (χ1v) is 15.4. The third-order valence-corrected chi connectivity index (χ3v) is 8.61. The molecule has 0 unspecified atom stereocenters. The fourth-order valence-electron chi connectivity index (χ4n) is 5.97. The van der Waals surface area contributed by atoms with Crippen LogP contribution in [0.4, 0.5) is 14.5 Å². The zero-order valence-corrected chi connectivity index (χ0v) is 25.0. The van der Waals surface area contributed by atoms with Gasteiger partial charge in [-0.3, -0.25) is 19.2 Å². The van der Waals surface area contributed by atoms with E-state index in [2.05, 4.69) is 21.7 Å². The first-order valence-electron chi connectivity index (χ1n) is 15.4. The van der Waals surface area contributed by atoms with Crippen LogP contribution in [0.1, 0.15) is 66.7 Å². The van der Waals surface area contributed by atoms with Crippen molar-refractivity contribution in [3.05, 3.63) is 77.2 Å². The average Bonchev–Trinajstić information content (AvgIpc) is 3.63. The highest BCUT2D eigenvalue weighted by Gasteiger charge is 2.40. The number of pyridine rings is 1. The fraction of sp³-hybridized carbons (Fsp3) is 0.382. The van der Waals surface area contributed by atoms with Crippen LogP contribution in [0.3, 0.4) is 0 Å². The van der Waals surface area contributed by atoms with Crippen LogP contribution in [0.25, 0.3) is 17.0 Å². The van der Waals surface area contributed by atoms with Crippen LogP contribution >= 0.6 is 0 Å². The molecule has 4 amide bonds. The van der Waals surface area contributed by atoms with E-state index in [1.807, 2.05) is 31.2 Å². The molecule has 3 atom stereocenters. The lowest BCUT2D eigenvalue weighted by Gasteiger charge is -2.26. The molecule has 6 rings (SSSR count). The van der Waals surface area contributed by atoms with Crippen LogP contribution in [0.2, 0.25) is 0 Å². The summed E-state index contributed by atoms with van der Waals surface area (Å²) in [6, 6.07) is 11.2. The summed E-state index contributed by atoms with van der Waals surface area (Å²) < 4.78 is 28.1. The molecule has 45 heavy (non-hydrogen) atoms. The Morgan fingerprint density at radius 1 is 1.11 bits per heavy atom. The van der Waals surface area contributed by atoms with E-state index in [1.165, 1.54) is 24.3 Å². The summed E-state index contributed by atoms with van der Waals surface area (Å²) >= 11 is 0. The van der Waals surface area contributed by atoms with Crippen molar-refractivity contribution < 1.29 is 28.0 Å². The van der Waals surface area contributed by atoms with Crippen LogP contribution in [-0.4, -0.2) is 65.4 Å². The number of benzene rings is 2. The van der Waals surface area contributed by atoms with Crippen molar-refractivity contribution in [2.45, 2.75) is 57.3 Å². The van der Waals surface area contributed by atoms with Gasteiger partial charge in [0.2, 0.25) is 17.7 Å². The lowest BCUT2D eigenvalue weighted by Crippen LogP contribution is -2.49. The Hall–Kier alpha value is -4.67. The number of likely N-dealkylation sites (tertiary alicyclic amines) is 1. The van der Waals surface area contributed by atoms with Crippen molar-refractivity contribution in [1.29, 1.82) is 0 Å². The van der Waals surface area contributed by atoms with E-state index in [1.54, 1.807) is 11.0 Å². The molecule has 234 valence electrons. The number of alkyl halides is 1. The number of anilines is 1. The number of rotatable bonds is 9. The Morgan fingerprint density at radius 3 is 2.69 bits per heavy atom. The number of hydrogen-bond donors (Lipinski definition) is 2. The Kier molecular flexibility index (Phi) is 8.60. The van der Waals surface area contributed by atoms with Gasteiger partial charge in [-0.2, -0.15) is 0 Å².